The highest BCUT2D eigenvalue weighted by Crippen LogP contribution is 2.23. The van der Waals surface area contributed by atoms with Crippen LogP contribution in [-0.4, -0.2) is 51.0 Å². The zero-order valence-electron chi connectivity index (χ0n) is 16.0. The van der Waals surface area contributed by atoms with Gasteiger partial charge in [0.2, 0.25) is 11.9 Å². The van der Waals surface area contributed by atoms with E-state index >= 15 is 0 Å². The zero-order chi connectivity index (χ0) is 20.2. The summed E-state index contributed by atoms with van der Waals surface area (Å²) in [6.07, 6.45) is 3.33. The molecule has 1 aliphatic heterocycles. The number of benzene rings is 1. The molecule has 1 aromatic carbocycles. The first-order chi connectivity index (χ1) is 14.1. The Bertz CT molecular complexity index is 1020. The molecule has 1 saturated heterocycles. The molecule has 1 fully saturated rings. The lowest BCUT2D eigenvalue weighted by atomic mass is 10.2. The van der Waals surface area contributed by atoms with Gasteiger partial charge >= 0.3 is 0 Å². The Balaban J connectivity index is 1.44. The van der Waals surface area contributed by atoms with Crippen LogP contribution in [0.1, 0.15) is 12.1 Å². The third kappa shape index (κ3) is 4.72. The van der Waals surface area contributed by atoms with Crippen molar-refractivity contribution < 1.29 is 9.53 Å². The van der Waals surface area contributed by atoms with E-state index in [0.717, 1.165) is 22.3 Å². The number of aryl methyl sites for hydroxylation is 1. The SMILES string of the molecule is COc1ccc2nc(NC3NC(=O)CC(CSc4ncccn4)N3)nc(C)c2c1. The molecule has 2 aromatic heterocycles. The molecule has 150 valence electrons. The van der Waals surface area contributed by atoms with Gasteiger partial charge in [-0.15, -0.1) is 0 Å². The number of hydrogen-bond acceptors (Lipinski definition) is 9. The summed E-state index contributed by atoms with van der Waals surface area (Å²) in [7, 11) is 1.63. The highest BCUT2D eigenvalue weighted by molar-refractivity contribution is 7.99. The quantitative estimate of drug-likeness (QED) is 0.412. The minimum Gasteiger partial charge on any atom is -0.497 e. The molecule has 29 heavy (non-hydrogen) atoms. The minimum atomic E-state index is -0.464. The maximum absolute atomic E-state index is 12.1. The largest absolute Gasteiger partial charge is 0.497 e. The number of fused-ring (bicyclic) bond motifs is 1. The molecule has 4 rings (SSSR count). The Morgan fingerprint density at radius 1 is 1.28 bits per heavy atom. The van der Waals surface area contributed by atoms with E-state index in [4.69, 9.17) is 4.74 Å². The Kier molecular flexibility index (Phi) is 5.72. The lowest BCUT2D eigenvalue weighted by molar-refractivity contribution is -0.123. The number of amides is 1. The molecule has 0 radical (unpaired) electrons. The first-order valence-corrected chi connectivity index (χ1v) is 10.1. The molecule has 9 nitrogen and oxygen atoms in total. The van der Waals surface area contributed by atoms with E-state index in [1.165, 1.54) is 11.8 Å². The number of methoxy groups -OCH3 is 1. The second kappa shape index (κ2) is 8.58. The minimum absolute atomic E-state index is 0.0270. The average molecular weight is 411 g/mol. The number of thioether (sulfide) groups is 1. The van der Waals surface area contributed by atoms with Crippen LogP contribution in [0.5, 0.6) is 5.75 Å². The Hall–Kier alpha value is -2.98. The molecule has 0 saturated carbocycles. The van der Waals surface area contributed by atoms with Gasteiger partial charge in [0.1, 0.15) is 5.75 Å². The highest BCUT2D eigenvalue weighted by Gasteiger charge is 2.26. The molecular weight excluding hydrogens is 390 g/mol. The second-order valence-electron chi connectivity index (χ2n) is 6.57. The topological polar surface area (TPSA) is 114 Å². The molecule has 10 heteroatoms. The van der Waals surface area contributed by atoms with Gasteiger partial charge in [-0.1, -0.05) is 11.8 Å². The van der Waals surface area contributed by atoms with Crippen molar-refractivity contribution in [1.29, 1.82) is 0 Å². The summed E-state index contributed by atoms with van der Waals surface area (Å²) in [4.78, 5) is 29.6. The number of nitrogens with zero attached hydrogens (tertiary/aromatic N) is 4. The van der Waals surface area contributed by atoms with E-state index < -0.39 is 6.29 Å². The van der Waals surface area contributed by atoms with Crippen molar-refractivity contribution >= 4 is 34.5 Å². The van der Waals surface area contributed by atoms with Crippen LogP contribution in [0.25, 0.3) is 10.9 Å². The molecule has 1 aliphatic rings. The number of aromatic nitrogens is 4. The van der Waals surface area contributed by atoms with Gasteiger partial charge in [-0.25, -0.2) is 19.9 Å². The summed E-state index contributed by atoms with van der Waals surface area (Å²) in [6, 6.07) is 7.41. The van der Waals surface area contributed by atoms with E-state index in [-0.39, 0.29) is 11.9 Å². The van der Waals surface area contributed by atoms with Crippen LogP contribution < -0.4 is 20.7 Å². The highest BCUT2D eigenvalue weighted by atomic mass is 32.2. The summed E-state index contributed by atoms with van der Waals surface area (Å²) in [6.45, 7) is 1.92. The molecule has 3 heterocycles. The summed E-state index contributed by atoms with van der Waals surface area (Å²) in [5.41, 5.74) is 1.63. The predicted octanol–water partition coefficient (Wildman–Crippen LogP) is 1.70. The molecule has 2 atom stereocenters. The van der Waals surface area contributed by atoms with Crippen LogP contribution in [0.15, 0.2) is 41.8 Å². The van der Waals surface area contributed by atoms with Crippen LogP contribution in [0.2, 0.25) is 0 Å². The average Bonchev–Trinajstić information content (AvgIpc) is 2.72. The molecule has 3 aromatic rings. The molecule has 3 N–H and O–H groups in total. The van der Waals surface area contributed by atoms with Gasteiger partial charge in [0.15, 0.2) is 11.4 Å². The Morgan fingerprint density at radius 2 is 2.10 bits per heavy atom. The van der Waals surface area contributed by atoms with Crippen molar-refractivity contribution in [2.75, 3.05) is 18.2 Å². The fourth-order valence-electron chi connectivity index (χ4n) is 3.08. The van der Waals surface area contributed by atoms with Gasteiger partial charge in [-0.2, -0.15) is 0 Å². The van der Waals surface area contributed by atoms with Crippen molar-refractivity contribution in [3.63, 3.8) is 0 Å². The summed E-state index contributed by atoms with van der Waals surface area (Å²) >= 11 is 1.51. The lowest BCUT2D eigenvalue weighted by Crippen LogP contribution is -2.60. The Labute approximate surface area is 172 Å². The van der Waals surface area contributed by atoms with E-state index in [2.05, 4.69) is 35.9 Å². The maximum atomic E-state index is 12.1. The fraction of sp³-hybridized carbons (Fsp3) is 0.316. The number of carbonyl (C=O) groups is 1. The normalized spacial score (nSPS) is 19.0. The zero-order valence-corrected chi connectivity index (χ0v) is 16.9. The number of rotatable bonds is 6. The Morgan fingerprint density at radius 3 is 2.90 bits per heavy atom. The summed E-state index contributed by atoms with van der Waals surface area (Å²) in [5.74, 6) is 1.84. The van der Waals surface area contributed by atoms with Gasteiger partial charge in [-0.05, 0) is 31.2 Å². The van der Waals surface area contributed by atoms with Gasteiger partial charge < -0.3 is 15.4 Å². The van der Waals surface area contributed by atoms with Crippen molar-refractivity contribution in [1.82, 2.24) is 30.6 Å². The smallest absolute Gasteiger partial charge is 0.226 e. The summed E-state index contributed by atoms with van der Waals surface area (Å²) < 4.78 is 5.27. The summed E-state index contributed by atoms with van der Waals surface area (Å²) in [5, 5.41) is 11.0. The van der Waals surface area contributed by atoms with Crippen LogP contribution in [-0.2, 0) is 4.79 Å². The predicted molar refractivity (Wildman–Crippen MR) is 111 cm³/mol. The molecule has 1 amide bonds. The number of hydrogen-bond donors (Lipinski definition) is 3. The number of ether oxygens (including phenoxy) is 1. The van der Waals surface area contributed by atoms with E-state index in [9.17, 15) is 4.79 Å². The second-order valence-corrected chi connectivity index (χ2v) is 7.56. The van der Waals surface area contributed by atoms with Gasteiger partial charge in [0, 0.05) is 36.0 Å². The number of carbonyl (C=O) groups excluding carboxylic acids is 1. The first-order valence-electron chi connectivity index (χ1n) is 9.15. The monoisotopic (exact) mass is 411 g/mol. The third-order valence-corrected chi connectivity index (χ3v) is 5.50. The maximum Gasteiger partial charge on any atom is 0.226 e. The fourth-order valence-corrected chi connectivity index (χ4v) is 3.92. The van der Waals surface area contributed by atoms with Crippen molar-refractivity contribution in [3.05, 3.63) is 42.4 Å². The van der Waals surface area contributed by atoms with E-state index in [0.29, 0.717) is 23.3 Å². The third-order valence-electron chi connectivity index (χ3n) is 4.46. The molecule has 0 aliphatic carbocycles. The van der Waals surface area contributed by atoms with Crippen LogP contribution >= 0.6 is 11.8 Å². The van der Waals surface area contributed by atoms with Gasteiger partial charge in [0.05, 0.1) is 18.3 Å². The molecule has 0 bridgehead atoms. The van der Waals surface area contributed by atoms with Crippen LogP contribution in [0.3, 0.4) is 0 Å². The van der Waals surface area contributed by atoms with Crippen LogP contribution in [0, 0.1) is 6.92 Å². The first kappa shape index (κ1) is 19.3. The lowest BCUT2D eigenvalue weighted by Gasteiger charge is -2.31. The van der Waals surface area contributed by atoms with Crippen LogP contribution in [0.4, 0.5) is 5.95 Å². The van der Waals surface area contributed by atoms with Gasteiger partial charge in [-0.3, -0.25) is 10.1 Å². The molecule has 0 spiro atoms. The van der Waals surface area contributed by atoms with Crippen molar-refractivity contribution in [3.8, 4) is 5.75 Å². The molecule has 2 unspecified atom stereocenters. The van der Waals surface area contributed by atoms with Crippen molar-refractivity contribution in [2.45, 2.75) is 30.8 Å². The van der Waals surface area contributed by atoms with Crippen molar-refractivity contribution in [2.24, 2.45) is 0 Å². The van der Waals surface area contributed by atoms with E-state index in [1.807, 2.05) is 25.1 Å². The van der Waals surface area contributed by atoms with E-state index in [1.54, 1.807) is 25.6 Å². The van der Waals surface area contributed by atoms with Gasteiger partial charge in [0.25, 0.3) is 0 Å². The number of anilines is 1. The molecular formula is C19H21N7O2S. The number of nitrogens with one attached hydrogen (secondary N) is 3. The standard InChI is InChI=1S/C19H21N7O2S/c1-11-14-9-13(28-2)4-5-15(14)24-17(22-11)26-18-23-12(8-16(27)25-18)10-29-19-20-6-3-7-21-19/h3-7,9,12,18,23H,8,10H2,1-2H3,(H,25,27)(H,22,24,26).